The summed E-state index contributed by atoms with van der Waals surface area (Å²) < 4.78 is 13.4. The fourth-order valence-electron chi connectivity index (χ4n) is 3.80. The fraction of sp³-hybridized carbons (Fsp3) is 0.391. The van der Waals surface area contributed by atoms with Crippen LogP contribution in [0, 0.1) is 6.92 Å². The third-order valence-electron chi connectivity index (χ3n) is 5.52. The van der Waals surface area contributed by atoms with Crippen molar-refractivity contribution in [3.05, 3.63) is 41.5 Å². The number of carbonyl (C=O) groups excluding carboxylic acids is 2. The Bertz CT molecular complexity index is 1290. The Morgan fingerprint density at radius 2 is 2.11 bits per heavy atom. The zero-order chi connectivity index (χ0) is 24.8. The van der Waals surface area contributed by atoms with Gasteiger partial charge in [0, 0.05) is 44.0 Å². The Hall–Kier alpha value is -4.06. The minimum atomic E-state index is -0.493. The summed E-state index contributed by atoms with van der Waals surface area (Å²) in [5.74, 6) is 1.77. The quantitative estimate of drug-likeness (QED) is 0.313. The van der Waals surface area contributed by atoms with Crippen LogP contribution in [0.15, 0.2) is 29.5 Å². The van der Waals surface area contributed by atoms with Crippen molar-refractivity contribution in [2.75, 3.05) is 45.3 Å². The van der Waals surface area contributed by atoms with Crippen molar-refractivity contribution in [3.63, 3.8) is 0 Å². The van der Waals surface area contributed by atoms with Gasteiger partial charge in [-0.3, -0.25) is 14.2 Å². The number of fused-ring (bicyclic) bond motifs is 3. The molecule has 1 aliphatic rings. The van der Waals surface area contributed by atoms with Gasteiger partial charge in [-0.2, -0.15) is 4.99 Å². The average Bonchev–Trinajstić information content (AvgIpc) is 3.36. The molecule has 0 fully saturated rings. The summed E-state index contributed by atoms with van der Waals surface area (Å²) in [5.41, 5.74) is 1.02. The highest BCUT2D eigenvalue weighted by atomic mass is 16.5. The van der Waals surface area contributed by atoms with E-state index >= 15 is 0 Å². The molecular weight excluding hydrogens is 454 g/mol. The average molecular weight is 482 g/mol. The first-order valence-electron chi connectivity index (χ1n) is 11.2. The van der Waals surface area contributed by atoms with Gasteiger partial charge in [-0.05, 0) is 25.5 Å². The number of nitrogens with zero attached hydrogens (tertiary/aromatic N) is 6. The second-order valence-corrected chi connectivity index (χ2v) is 7.83. The van der Waals surface area contributed by atoms with Crippen molar-refractivity contribution < 1.29 is 24.2 Å². The van der Waals surface area contributed by atoms with E-state index in [1.54, 1.807) is 13.0 Å². The van der Waals surface area contributed by atoms with Gasteiger partial charge >= 0.3 is 0 Å². The van der Waals surface area contributed by atoms with Gasteiger partial charge in [-0.15, -0.1) is 0 Å². The summed E-state index contributed by atoms with van der Waals surface area (Å²) in [5, 5.41) is 13.1. The summed E-state index contributed by atoms with van der Waals surface area (Å²) >= 11 is 0. The van der Waals surface area contributed by atoms with E-state index < -0.39 is 5.91 Å². The summed E-state index contributed by atoms with van der Waals surface area (Å²) in [4.78, 5) is 42.3. The first-order chi connectivity index (χ1) is 17.0. The topological polar surface area (TPSA) is 144 Å². The minimum Gasteiger partial charge on any atom is -0.491 e. The van der Waals surface area contributed by atoms with Crippen LogP contribution in [0.2, 0.25) is 0 Å². The van der Waals surface area contributed by atoms with E-state index in [0.717, 1.165) is 11.2 Å². The van der Waals surface area contributed by atoms with Gasteiger partial charge in [0.05, 0.1) is 25.9 Å². The van der Waals surface area contributed by atoms with Gasteiger partial charge in [0.2, 0.25) is 12.0 Å². The number of aryl methyl sites for hydroxylation is 1. The smallest absolute Gasteiger partial charge is 0.283 e. The second-order valence-electron chi connectivity index (χ2n) is 7.83. The highest BCUT2D eigenvalue weighted by molar-refractivity contribution is 5.96. The molecular formula is C23H27N7O5. The number of aliphatic hydroxyl groups is 1. The zero-order valence-corrected chi connectivity index (χ0v) is 19.6. The molecule has 2 amide bonds. The van der Waals surface area contributed by atoms with E-state index in [1.165, 1.54) is 24.4 Å². The fourth-order valence-corrected chi connectivity index (χ4v) is 3.80. The number of anilines is 1. The molecule has 1 aromatic carbocycles. The monoisotopic (exact) mass is 481 g/mol. The van der Waals surface area contributed by atoms with Crippen LogP contribution in [0.5, 0.6) is 11.5 Å². The first-order valence-corrected chi connectivity index (χ1v) is 11.2. The molecule has 184 valence electrons. The van der Waals surface area contributed by atoms with E-state index in [2.05, 4.69) is 25.3 Å². The van der Waals surface area contributed by atoms with Crippen LogP contribution in [0.4, 0.5) is 5.82 Å². The van der Waals surface area contributed by atoms with E-state index in [4.69, 9.17) is 14.6 Å². The van der Waals surface area contributed by atoms with Crippen LogP contribution in [0.3, 0.4) is 0 Å². The van der Waals surface area contributed by atoms with Crippen molar-refractivity contribution >= 4 is 29.0 Å². The summed E-state index contributed by atoms with van der Waals surface area (Å²) in [6.07, 6.45) is 4.16. The number of carbonyl (C=O) groups is 2. The van der Waals surface area contributed by atoms with Gasteiger partial charge < -0.3 is 24.8 Å². The predicted octanol–water partition coefficient (Wildman–Crippen LogP) is 0.530. The number of rotatable bonds is 10. The molecule has 3 aromatic rings. The van der Waals surface area contributed by atoms with Crippen molar-refractivity contribution in [1.29, 1.82) is 0 Å². The van der Waals surface area contributed by atoms with Crippen molar-refractivity contribution in [2.24, 2.45) is 4.99 Å². The molecule has 1 aliphatic heterocycles. The number of methoxy groups -OCH3 is 1. The Labute approximate surface area is 201 Å². The lowest BCUT2D eigenvalue weighted by molar-refractivity contribution is -0.118. The molecule has 12 nitrogen and oxygen atoms in total. The van der Waals surface area contributed by atoms with Gasteiger partial charge in [0.1, 0.15) is 17.2 Å². The number of nitrogens with one attached hydrogen (secondary N) is 1. The van der Waals surface area contributed by atoms with E-state index in [1.807, 2.05) is 10.6 Å². The summed E-state index contributed by atoms with van der Waals surface area (Å²) in [7, 11) is 1.53. The van der Waals surface area contributed by atoms with Crippen molar-refractivity contribution in [2.45, 2.75) is 19.9 Å². The maximum Gasteiger partial charge on any atom is 0.283 e. The lowest BCUT2D eigenvalue weighted by Gasteiger charge is -2.17. The van der Waals surface area contributed by atoms with E-state index in [9.17, 15) is 9.59 Å². The molecule has 0 unspecified atom stereocenters. The van der Waals surface area contributed by atoms with Crippen LogP contribution < -0.4 is 20.4 Å². The number of ether oxygens (including phenoxy) is 2. The molecule has 12 heteroatoms. The maximum atomic E-state index is 12.8. The number of aromatic nitrogens is 4. The molecule has 0 atom stereocenters. The Morgan fingerprint density at radius 1 is 1.31 bits per heavy atom. The Morgan fingerprint density at radius 3 is 2.83 bits per heavy atom. The molecule has 35 heavy (non-hydrogen) atoms. The van der Waals surface area contributed by atoms with Gasteiger partial charge in [0.25, 0.3) is 5.91 Å². The highest BCUT2D eigenvalue weighted by Gasteiger charge is 2.21. The zero-order valence-electron chi connectivity index (χ0n) is 19.6. The number of amides is 2. The van der Waals surface area contributed by atoms with Crippen molar-refractivity contribution in [3.8, 4) is 11.5 Å². The first kappa shape index (κ1) is 24.1. The van der Waals surface area contributed by atoms with E-state index in [0.29, 0.717) is 61.9 Å². The van der Waals surface area contributed by atoms with Crippen LogP contribution >= 0.6 is 0 Å². The normalized spacial score (nSPS) is 12.8. The Kier molecular flexibility index (Phi) is 7.51. The van der Waals surface area contributed by atoms with E-state index in [-0.39, 0.29) is 24.3 Å². The lowest BCUT2D eigenvalue weighted by Crippen LogP contribution is -2.27. The van der Waals surface area contributed by atoms with Crippen LogP contribution in [0.1, 0.15) is 22.6 Å². The van der Waals surface area contributed by atoms with Gasteiger partial charge in [-0.1, -0.05) is 0 Å². The third-order valence-corrected chi connectivity index (χ3v) is 5.52. The summed E-state index contributed by atoms with van der Waals surface area (Å²) in [6, 6.07) is 3.69. The van der Waals surface area contributed by atoms with Crippen molar-refractivity contribution in [1.82, 2.24) is 24.4 Å². The molecule has 2 N–H and O–H groups in total. The molecule has 0 saturated heterocycles. The molecule has 2 aromatic heterocycles. The molecule has 0 saturated carbocycles. The molecule has 0 radical (unpaired) electrons. The standard InChI is InChI=1S/C23H27N7O5/c1-15-25-12-16(13-26-15)22(33)28-23-27-19-17(21-24-6-8-30(21)23)4-5-18(20(19)34-2)35-11-3-7-29(14-32)9-10-31/h4-5,12-14,24,31H,3,6-11H2,1-2H3. The number of hydrogen-bond acceptors (Lipinski definition) is 9. The molecule has 3 heterocycles. The SMILES string of the molecule is COc1c(OCCCN(C=O)CCO)ccc2c3n(c(=NC(=O)c4cnc(C)nc4)nc12)CCN3. The number of benzene rings is 1. The maximum absolute atomic E-state index is 12.8. The second kappa shape index (κ2) is 10.9. The lowest BCUT2D eigenvalue weighted by atomic mass is 10.2. The molecule has 4 rings (SSSR count). The van der Waals surface area contributed by atoms with Crippen LogP contribution in [-0.4, -0.2) is 81.8 Å². The predicted molar refractivity (Wildman–Crippen MR) is 126 cm³/mol. The molecule has 0 aliphatic carbocycles. The van der Waals surface area contributed by atoms with Gasteiger partial charge in [0.15, 0.2) is 11.5 Å². The minimum absolute atomic E-state index is 0.0903. The third kappa shape index (κ3) is 5.22. The van der Waals surface area contributed by atoms with Gasteiger partial charge in [-0.25, -0.2) is 15.0 Å². The molecule has 0 bridgehead atoms. The number of hydrogen-bond donors (Lipinski definition) is 2. The Balaban J connectivity index is 1.66. The van der Waals surface area contributed by atoms with Crippen LogP contribution in [-0.2, 0) is 11.3 Å². The van der Waals surface area contributed by atoms with Crippen LogP contribution in [0.25, 0.3) is 10.9 Å². The summed E-state index contributed by atoms with van der Waals surface area (Å²) in [6.45, 7) is 4.00. The number of aliphatic hydroxyl groups excluding tert-OH is 1. The molecule has 0 spiro atoms. The largest absolute Gasteiger partial charge is 0.491 e. The highest BCUT2D eigenvalue weighted by Crippen LogP contribution is 2.37.